The molecule has 0 radical (unpaired) electrons. The van der Waals surface area contributed by atoms with Crippen molar-refractivity contribution in [3.63, 3.8) is 0 Å². The number of hydrogen-bond acceptors (Lipinski definition) is 4. The minimum atomic E-state index is -0.277. The zero-order chi connectivity index (χ0) is 12.8. The Morgan fingerprint density at radius 3 is 2.88 bits per heavy atom. The molecule has 100 valence electrons. The Labute approximate surface area is 104 Å². The highest BCUT2D eigenvalue weighted by Gasteiger charge is 2.26. The van der Waals surface area contributed by atoms with Gasteiger partial charge >= 0.3 is 0 Å². The van der Waals surface area contributed by atoms with Crippen LogP contribution in [0.5, 0.6) is 0 Å². The molecule has 3 atom stereocenters. The Morgan fingerprint density at radius 2 is 2.35 bits per heavy atom. The lowest BCUT2D eigenvalue weighted by Crippen LogP contribution is -2.47. The smallest absolute Gasteiger partial charge is 0.234 e. The molecule has 5 nitrogen and oxygen atoms in total. The summed E-state index contributed by atoms with van der Waals surface area (Å²) in [7, 11) is 3.54. The van der Waals surface area contributed by atoms with Gasteiger partial charge < -0.3 is 20.7 Å². The predicted octanol–water partition coefficient (Wildman–Crippen LogP) is -0.193. The lowest BCUT2D eigenvalue weighted by atomic mass is 9.95. The van der Waals surface area contributed by atoms with Crippen LogP contribution in [-0.2, 0) is 9.53 Å². The summed E-state index contributed by atoms with van der Waals surface area (Å²) in [6.45, 7) is 5.15. The second-order valence-electron chi connectivity index (χ2n) is 4.87. The van der Waals surface area contributed by atoms with E-state index < -0.39 is 0 Å². The van der Waals surface area contributed by atoms with Gasteiger partial charge in [-0.2, -0.15) is 0 Å². The number of amides is 1. The van der Waals surface area contributed by atoms with Crippen LogP contribution in [0.1, 0.15) is 19.8 Å². The molecule has 0 spiro atoms. The number of piperidine rings is 1. The summed E-state index contributed by atoms with van der Waals surface area (Å²) < 4.78 is 5.47. The summed E-state index contributed by atoms with van der Waals surface area (Å²) >= 11 is 0. The van der Waals surface area contributed by atoms with Gasteiger partial charge in [-0.15, -0.1) is 0 Å². The fraction of sp³-hybridized carbons (Fsp3) is 0.917. The number of primary amides is 1. The van der Waals surface area contributed by atoms with E-state index in [4.69, 9.17) is 10.5 Å². The van der Waals surface area contributed by atoms with Gasteiger partial charge in [-0.1, -0.05) is 6.92 Å². The number of nitrogens with zero attached hydrogens (tertiary/aromatic N) is 1. The van der Waals surface area contributed by atoms with Gasteiger partial charge in [0.2, 0.25) is 5.91 Å². The van der Waals surface area contributed by atoms with Gasteiger partial charge in [-0.3, -0.25) is 4.79 Å². The Balaban J connectivity index is 2.34. The molecule has 1 rings (SSSR count). The Hall–Kier alpha value is -0.650. The van der Waals surface area contributed by atoms with Crippen molar-refractivity contribution in [3.8, 4) is 0 Å². The number of likely N-dealkylation sites (tertiary alicyclic amines) is 1. The minimum absolute atomic E-state index is 0.227. The molecule has 1 aliphatic heterocycles. The Bertz CT molecular complexity index is 248. The summed E-state index contributed by atoms with van der Waals surface area (Å²) in [5.74, 6) is 0.341. The zero-order valence-corrected chi connectivity index (χ0v) is 11.1. The summed E-state index contributed by atoms with van der Waals surface area (Å²) in [5.41, 5.74) is 5.29. The van der Waals surface area contributed by atoms with E-state index in [1.165, 1.54) is 0 Å². The van der Waals surface area contributed by atoms with Crippen molar-refractivity contribution >= 4 is 5.91 Å². The van der Waals surface area contributed by atoms with E-state index in [0.717, 1.165) is 32.5 Å². The molecule has 1 fully saturated rings. The van der Waals surface area contributed by atoms with Gasteiger partial charge in [0.05, 0.1) is 12.1 Å². The number of carbonyl (C=O) groups is 1. The lowest BCUT2D eigenvalue weighted by molar-refractivity contribution is -0.120. The largest absolute Gasteiger partial charge is 0.380 e. The quantitative estimate of drug-likeness (QED) is 0.678. The van der Waals surface area contributed by atoms with Crippen LogP contribution >= 0.6 is 0 Å². The van der Waals surface area contributed by atoms with Gasteiger partial charge in [-0.25, -0.2) is 0 Å². The number of rotatable bonds is 6. The standard InChI is InChI=1S/C12H25N3O2/c1-9-4-6-15(8-11(9)17-3)7-5-10(14-2)12(13)16/h9-11,14H,4-8H2,1-3H3,(H2,13,16). The molecule has 17 heavy (non-hydrogen) atoms. The van der Waals surface area contributed by atoms with Crippen LogP contribution in [0.15, 0.2) is 0 Å². The number of nitrogens with one attached hydrogen (secondary N) is 1. The molecule has 0 aromatic heterocycles. The third kappa shape index (κ3) is 4.26. The van der Waals surface area contributed by atoms with Crippen molar-refractivity contribution in [2.75, 3.05) is 33.8 Å². The Kier molecular flexibility index (Phi) is 5.88. The van der Waals surface area contributed by atoms with Crippen molar-refractivity contribution in [3.05, 3.63) is 0 Å². The van der Waals surface area contributed by atoms with Gasteiger partial charge in [0.25, 0.3) is 0 Å². The van der Waals surface area contributed by atoms with Crippen molar-refractivity contribution < 1.29 is 9.53 Å². The molecular weight excluding hydrogens is 218 g/mol. The van der Waals surface area contributed by atoms with E-state index in [-0.39, 0.29) is 11.9 Å². The molecule has 1 amide bonds. The molecule has 1 heterocycles. The molecule has 1 saturated heterocycles. The molecule has 0 aromatic rings. The maximum Gasteiger partial charge on any atom is 0.234 e. The monoisotopic (exact) mass is 243 g/mol. The third-order valence-corrected chi connectivity index (χ3v) is 3.70. The molecular formula is C12H25N3O2. The molecule has 0 bridgehead atoms. The summed E-state index contributed by atoms with van der Waals surface area (Å²) in [6.07, 6.45) is 2.22. The fourth-order valence-corrected chi connectivity index (χ4v) is 2.35. The van der Waals surface area contributed by atoms with Crippen LogP contribution in [0.3, 0.4) is 0 Å². The molecule has 3 unspecified atom stereocenters. The van der Waals surface area contributed by atoms with Crippen LogP contribution < -0.4 is 11.1 Å². The first-order valence-corrected chi connectivity index (χ1v) is 6.30. The SMILES string of the molecule is CNC(CCN1CCC(C)C(OC)C1)C(N)=O. The first kappa shape index (κ1) is 14.4. The van der Waals surface area contributed by atoms with Crippen molar-refractivity contribution in [2.24, 2.45) is 11.7 Å². The van der Waals surface area contributed by atoms with E-state index in [1.54, 1.807) is 14.2 Å². The second kappa shape index (κ2) is 6.93. The second-order valence-corrected chi connectivity index (χ2v) is 4.87. The Morgan fingerprint density at radius 1 is 1.65 bits per heavy atom. The number of nitrogens with two attached hydrogens (primary N) is 1. The van der Waals surface area contributed by atoms with Gasteiger partial charge in [0, 0.05) is 20.2 Å². The first-order chi connectivity index (χ1) is 8.08. The van der Waals surface area contributed by atoms with E-state index >= 15 is 0 Å². The van der Waals surface area contributed by atoms with Crippen LogP contribution in [0, 0.1) is 5.92 Å². The van der Waals surface area contributed by atoms with E-state index in [2.05, 4.69) is 17.1 Å². The number of likely N-dealkylation sites (N-methyl/N-ethyl adjacent to an activating group) is 1. The molecule has 1 aliphatic rings. The van der Waals surface area contributed by atoms with Crippen LogP contribution in [0.25, 0.3) is 0 Å². The maximum atomic E-state index is 11.1. The highest BCUT2D eigenvalue weighted by molar-refractivity contribution is 5.79. The van der Waals surface area contributed by atoms with E-state index in [0.29, 0.717) is 12.0 Å². The van der Waals surface area contributed by atoms with Gasteiger partial charge in [0.15, 0.2) is 0 Å². The van der Waals surface area contributed by atoms with E-state index in [9.17, 15) is 4.79 Å². The number of ether oxygens (including phenoxy) is 1. The van der Waals surface area contributed by atoms with Crippen LogP contribution in [0.4, 0.5) is 0 Å². The van der Waals surface area contributed by atoms with Crippen LogP contribution in [-0.4, -0.2) is 56.7 Å². The highest BCUT2D eigenvalue weighted by atomic mass is 16.5. The number of methoxy groups -OCH3 is 1. The number of carbonyl (C=O) groups excluding carboxylic acids is 1. The molecule has 3 N–H and O–H groups in total. The molecule has 5 heteroatoms. The maximum absolute atomic E-state index is 11.1. The topological polar surface area (TPSA) is 67.6 Å². The third-order valence-electron chi connectivity index (χ3n) is 3.70. The zero-order valence-electron chi connectivity index (χ0n) is 11.1. The average molecular weight is 243 g/mol. The molecule has 0 saturated carbocycles. The summed E-state index contributed by atoms with van der Waals surface area (Å²) in [5, 5.41) is 2.94. The average Bonchev–Trinajstić information content (AvgIpc) is 2.31. The van der Waals surface area contributed by atoms with Crippen molar-refractivity contribution in [1.82, 2.24) is 10.2 Å². The highest BCUT2D eigenvalue weighted by Crippen LogP contribution is 2.19. The van der Waals surface area contributed by atoms with Crippen molar-refractivity contribution in [1.29, 1.82) is 0 Å². The number of hydrogen-bond donors (Lipinski definition) is 2. The van der Waals surface area contributed by atoms with Gasteiger partial charge in [-0.05, 0) is 32.4 Å². The molecule has 0 aliphatic carbocycles. The van der Waals surface area contributed by atoms with Gasteiger partial charge in [0.1, 0.15) is 0 Å². The fourth-order valence-electron chi connectivity index (χ4n) is 2.35. The first-order valence-electron chi connectivity index (χ1n) is 6.30. The van der Waals surface area contributed by atoms with Crippen molar-refractivity contribution in [2.45, 2.75) is 31.9 Å². The van der Waals surface area contributed by atoms with Crippen LogP contribution in [0.2, 0.25) is 0 Å². The minimum Gasteiger partial charge on any atom is -0.380 e. The molecule has 0 aromatic carbocycles. The predicted molar refractivity (Wildman–Crippen MR) is 67.7 cm³/mol. The summed E-state index contributed by atoms with van der Waals surface area (Å²) in [6, 6.07) is -0.227. The normalized spacial score (nSPS) is 27.9. The lowest BCUT2D eigenvalue weighted by Gasteiger charge is -2.36. The van der Waals surface area contributed by atoms with E-state index in [1.807, 2.05) is 0 Å². The summed E-state index contributed by atoms with van der Waals surface area (Å²) in [4.78, 5) is 13.4.